The van der Waals surface area contributed by atoms with Gasteiger partial charge in [-0.05, 0) is 50.1 Å². The number of likely N-dealkylation sites (N-methyl/N-ethyl adjacent to an activating group) is 1. The van der Waals surface area contributed by atoms with Crippen LogP contribution >= 0.6 is 23.1 Å². The van der Waals surface area contributed by atoms with Gasteiger partial charge in [0.25, 0.3) is 5.56 Å². The maximum Gasteiger partial charge on any atom is 0.263 e. The van der Waals surface area contributed by atoms with Crippen LogP contribution in [0.1, 0.15) is 30.2 Å². The van der Waals surface area contributed by atoms with Crippen molar-refractivity contribution < 1.29 is 14.0 Å². The van der Waals surface area contributed by atoms with E-state index >= 15 is 0 Å². The summed E-state index contributed by atoms with van der Waals surface area (Å²) in [5.41, 5.74) is 1.34. The average Bonchev–Trinajstić information content (AvgIpc) is 3.06. The molecule has 2 amide bonds. The molecule has 3 aromatic rings. The Morgan fingerprint density at radius 2 is 1.94 bits per heavy atom. The monoisotopic (exact) mass is 490 g/mol. The Morgan fingerprint density at radius 3 is 2.61 bits per heavy atom. The van der Waals surface area contributed by atoms with Crippen LogP contribution in [0.15, 0.2) is 34.2 Å². The van der Waals surface area contributed by atoms with Crippen LogP contribution < -0.4 is 10.9 Å². The summed E-state index contributed by atoms with van der Waals surface area (Å²) in [6.45, 7) is 6.36. The number of nitrogens with zero attached hydrogens (tertiary/aromatic N) is 3. The standard InChI is InChI=1S/C23H27FN4O3S2/c1-5-6-11-28-22(31)20-14(2)15(3)33-21(20)26-23(28)32-13-19(30)27(4)12-18(29)25-17-9-7-16(24)8-10-17/h7-10H,5-6,11-13H2,1-4H3,(H,25,29). The first-order chi connectivity index (χ1) is 15.7. The molecule has 2 aromatic heterocycles. The van der Waals surface area contributed by atoms with Crippen LogP contribution in [0, 0.1) is 19.7 Å². The Kier molecular flexibility index (Phi) is 8.25. The van der Waals surface area contributed by atoms with Gasteiger partial charge in [-0.15, -0.1) is 11.3 Å². The number of hydrogen-bond acceptors (Lipinski definition) is 6. The van der Waals surface area contributed by atoms with E-state index in [1.165, 1.54) is 52.3 Å². The van der Waals surface area contributed by atoms with Gasteiger partial charge in [-0.25, -0.2) is 9.37 Å². The first-order valence-corrected chi connectivity index (χ1v) is 12.4. The van der Waals surface area contributed by atoms with Crippen LogP contribution in [0.3, 0.4) is 0 Å². The Bertz CT molecular complexity index is 1220. The summed E-state index contributed by atoms with van der Waals surface area (Å²) >= 11 is 2.69. The van der Waals surface area contributed by atoms with Crippen LogP contribution in [-0.2, 0) is 16.1 Å². The van der Waals surface area contributed by atoms with Gasteiger partial charge < -0.3 is 10.2 Å². The number of benzene rings is 1. The van der Waals surface area contributed by atoms with E-state index in [4.69, 9.17) is 0 Å². The lowest BCUT2D eigenvalue weighted by Gasteiger charge is -2.17. The van der Waals surface area contributed by atoms with Crippen molar-refractivity contribution in [3.63, 3.8) is 0 Å². The van der Waals surface area contributed by atoms with Crippen molar-refractivity contribution in [2.24, 2.45) is 0 Å². The largest absolute Gasteiger partial charge is 0.336 e. The molecule has 1 N–H and O–H groups in total. The van der Waals surface area contributed by atoms with Crippen LogP contribution in [0.2, 0.25) is 0 Å². The second kappa shape index (κ2) is 10.9. The molecule has 7 nitrogen and oxygen atoms in total. The molecule has 0 aliphatic carbocycles. The van der Waals surface area contributed by atoms with Gasteiger partial charge in [0.2, 0.25) is 11.8 Å². The molecule has 33 heavy (non-hydrogen) atoms. The molecule has 10 heteroatoms. The quantitative estimate of drug-likeness (QED) is 0.359. The molecule has 0 fully saturated rings. The lowest BCUT2D eigenvalue weighted by atomic mass is 10.2. The molecule has 0 radical (unpaired) electrons. The highest BCUT2D eigenvalue weighted by atomic mass is 32.2. The fourth-order valence-electron chi connectivity index (χ4n) is 3.21. The van der Waals surface area contributed by atoms with Crippen molar-refractivity contribution >= 4 is 50.8 Å². The van der Waals surface area contributed by atoms with E-state index in [0.29, 0.717) is 27.6 Å². The fourth-order valence-corrected chi connectivity index (χ4v) is 5.24. The number of halogens is 1. The first-order valence-electron chi connectivity index (χ1n) is 10.6. The zero-order valence-electron chi connectivity index (χ0n) is 19.1. The molecule has 0 aliphatic rings. The molecule has 3 rings (SSSR count). The van der Waals surface area contributed by atoms with Gasteiger partial charge in [0, 0.05) is 24.2 Å². The van der Waals surface area contributed by atoms with Gasteiger partial charge in [0.15, 0.2) is 5.16 Å². The summed E-state index contributed by atoms with van der Waals surface area (Å²) in [7, 11) is 1.54. The average molecular weight is 491 g/mol. The summed E-state index contributed by atoms with van der Waals surface area (Å²) in [6, 6.07) is 5.41. The van der Waals surface area contributed by atoms with Crippen molar-refractivity contribution in [2.45, 2.75) is 45.3 Å². The molecule has 1 aromatic carbocycles. The number of aryl methyl sites for hydroxylation is 2. The molecule has 176 valence electrons. The molecule has 0 aliphatic heterocycles. The molecule has 2 heterocycles. The second-order valence-electron chi connectivity index (χ2n) is 7.76. The molecule has 0 saturated carbocycles. The van der Waals surface area contributed by atoms with Crippen LogP contribution in [0.4, 0.5) is 10.1 Å². The van der Waals surface area contributed by atoms with E-state index in [2.05, 4.69) is 17.2 Å². The number of unbranched alkanes of at least 4 members (excludes halogenated alkanes) is 1. The van der Waals surface area contributed by atoms with Crippen molar-refractivity contribution in [3.8, 4) is 0 Å². The molecule has 0 unspecified atom stereocenters. The molecule has 0 saturated heterocycles. The lowest BCUT2D eigenvalue weighted by Crippen LogP contribution is -2.36. The summed E-state index contributed by atoms with van der Waals surface area (Å²) in [5.74, 6) is -0.988. The number of carbonyl (C=O) groups is 2. The molecule has 0 spiro atoms. The topological polar surface area (TPSA) is 84.3 Å². The second-order valence-corrected chi connectivity index (χ2v) is 9.91. The third-order valence-corrected chi connectivity index (χ3v) is 7.31. The van der Waals surface area contributed by atoms with E-state index in [1.807, 2.05) is 13.8 Å². The summed E-state index contributed by atoms with van der Waals surface area (Å²) < 4.78 is 14.7. The Balaban J connectivity index is 1.69. The highest BCUT2D eigenvalue weighted by molar-refractivity contribution is 7.99. The van der Waals surface area contributed by atoms with E-state index < -0.39 is 5.82 Å². The third-order valence-electron chi connectivity index (χ3n) is 5.25. The number of carbonyl (C=O) groups excluding carboxylic acids is 2. The number of thiophene rings is 1. The highest BCUT2D eigenvalue weighted by Gasteiger charge is 2.19. The predicted molar refractivity (Wildman–Crippen MR) is 132 cm³/mol. The summed E-state index contributed by atoms with van der Waals surface area (Å²) in [4.78, 5) is 45.8. The number of rotatable bonds is 9. The molecular formula is C23H27FN4O3S2. The van der Waals surface area contributed by atoms with Crippen LogP contribution in [0.25, 0.3) is 10.2 Å². The van der Waals surface area contributed by atoms with E-state index in [0.717, 1.165) is 23.3 Å². The minimum atomic E-state index is -0.394. The van der Waals surface area contributed by atoms with Gasteiger partial charge in [0.05, 0.1) is 17.7 Å². The van der Waals surface area contributed by atoms with Crippen molar-refractivity contribution in [3.05, 3.63) is 50.9 Å². The van der Waals surface area contributed by atoms with E-state index in [-0.39, 0.29) is 29.7 Å². The number of aromatic nitrogens is 2. The van der Waals surface area contributed by atoms with Crippen LogP contribution in [0.5, 0.6) is 0 Å². The Morgan fingerprint density at radius 1 is 1.24 bits per heavy atom. The van der Waals surface area contributed by atoms with E-state index in [9.17, 15) is 18.8 Å². The number of amides is 2. The van der Waals surface area contributed by atoms with Crippen molar-refractivity contribution in [2.75, 3.05) is 24.7 Å². The normalized spacial score (nSPS) is 11.1. The van der Waals surface area contributed by atoms with E-state index in [1.54, 1.807) is 11.6 Å². The Labute approximate surface area is 200 Å². The fraction of sp³-hybridized carbons (Fsp3) is 0.391. The van der Waals surface area contributed by atoms with Gasteiger partial charge in [-0.2, -0.15) is 0 Å². The van der Waals surface area contributed by atoms with Gasteiger partial charge in [-0.1, -0.05) is 25.1 Å². The van der Waals surface area contributed by atoms with Crippen molar-refractivity contribution in [1.29, 1.82) is 0 Å². The smallest absolute Gasteiger partial charge is 0.263 e. The van der Waals surface area contributed by atoms with Gasteiger partial charge >= 0.3 is 0 Å². The minimum Gasteiger partial charge on any atom is -0.336 e. The zero-order valence-corrected chi connectivity index (χ0v) is 20.7. The zero-order chi connectivity index (χ0) is 24.1. The van der Waals surface area contributed by atoms with Crippen LogP contribution in [-0.4, -0.2) is 45.6 Å². The first kappa shape index (κ1) is 24.9. The van der Waals surface area contributed by atoms with Gasteiger partial charge in [-0.3, -0.25) is 19.0 Å². The maximum absolute atomic E-state index is 13.2. The third kappa shape index (κ3) is 6.00. The molecule has 0 bridgehead atoms. The summed E-state index contributed by atoms with van der Waals surface area (Å²) in [5, 5.41) is 3.80. The number of hydrogen-bond donors (Lipinski definition) is 1. The minimum absolute atomic E-state index is 0.0493. The highest BCUT2D eigenvalue weighted by Crippen LogP contribution is 2.28. The maximum atomic E-state index is 13.2. The summed E-state index contributed by atoms with van der Waals surface area (Å²) in [6.07, 6.45) is 1.77. The van der Waals surface area contributed by atoms with Gasteiger partial charge in [0.1, 0.15) is 10.6 Å². The molecular weight excluding hydrogens is 463 g/mol. The SMILES string of the molecule is CCCCn1c(SCC(=O)N(C)CC(=O)Nc2ccc(F)cc2)nc2sc(C)c(C)c2c1=O. The number of fused-ring (bicyclic) bond motifs is 1. The number of thioether (sulfide) groups is 1. The number of anilines is 1. The predicted octanol–water partition coefficient (Wildman–Crippen LogP) is 4.20. The lowest BCUT2D eigenvalue weighted by molar-refractivity contribution is -0.131. The number of nitrogens with one attached hydrogen (secondary N) is 1. The Hall–Kier alpha value is -2.72. The van der Waals surface area contributed by atoms with Crippen molar-refractivity contribution in [1.82, 2.24) is 14.5 Å². The molecule has 0 atom stereocenters.